The van der Waals surface area contributed by atoms with Crippen LogP contribution in [0.25, 0.3) is 0 Å². The van der Waals surface area contributed by atoms with Crippen molar-refractivity contribution in [2.45, 2.75) is 33.0 Å². The second-order valence-electron chi connectivity index (χ2n) is 6.15. The van der Waals surface area contributed by atoms with Gasteiger partial charge in [0, 0.05) is 28.5 Å². The highest BCUT2D eigenvalue weighted by Crippen LogP contribution is 2.33. The molecule has 0 aliphatic rings. The van der Waals surface area contributed by atoms with E-state index >= 15 is 0 Å². The van der Waals surface area contributed by atoms with Gasteiger partial charge in [-0.05, 0) is 37.6 Å². The molecule has 1 unspecified atom stereocenters. The Labute approximate surface area is 149 Å². The number of halogens is 4. The minimum absolute atomic E-state index is 0.0183. The summed E-state index contributed by atoms with van der Waals surface area (Å²) in [6, 6.07) is 6.09. The third-order valence-corrected chi connectivity index (χ3v) is 3.70. The van der Waals surface area contributed by atoms with Gasteiger partial charge in [-0.1, -0.05) is 31.5 Å². The van der Waals surface area contributed by atoms with Gasteiger partial charge in [0.05, 0.1) is 0 Å². The summed E-state index contributed by atoms with van der Waals surface area (Å²) in [7, 11) is 0. The van der Waals surface area contributed by atoms with Crippen LogP contribution in [0.4, 0.5) is 24.8 Å². The fraction of sp³-hybridized carbons (Fsp3) is 0.412. The highest BCUT2D eigenvalue weighted by molar-refractivity contribution is 6.30. The Bertz CT molecular complexity index is 719. The standard InChI is InChI=1S/C17H20ClF3N4/c1-10(2)8-22-11(3)14-9-23-16(25-15(14)17(19,20)21)24-13-6-4-5-12(18)7-13/h4-7,9-11,22H,8H2,1-3H3,(H,23,24,25). The maximum absolute atomic E-state index is 13.4. The molecule has 1 aromatic carbocycles. The van der Waals surface area contributed by atoms with Crippen molar-refractivity contribution < 1.29 is 13.2 Å². The summed E-state index contributed by atoms with van der Waals surface area (Å²) in [6.45, 7) is 6.24. The van der Waals surface area contributed by atoms with E-state index in [2.05, 4.69) is 20.6 Å². The highest BCUT2D eigenvalue weighted by Gasteiger charge is 2.37. The van der Waals surface area contributed by atoms with Gasteiger partial charge < -0.3 is 10.6 Å². The first-order valence-corrected chi connectivity index (χ1v) is 8.24. The number of alkyl halides is 3. The molecule has 0 aliphatic carbocycles. The maximum Gasteiger partial charge on any atom is 0.433 e. The summed E-state index contributed by atoms with van der Waals surface area (Å²) in [5, 5.41) is 6.28. The van der Waals surface area contributed by atoms with Crippen LogP contribution in [-0.4, -0.2) is 16.5 Å². The molecule has 25 heavy (non-hydrogen) atoms. The van der Waals surface area contributed by atoms with Gasteiger partial charge in [-0.15, -0.1) is 0 Å². The fourth-order valence-electron chi connectivity index (χ4n) is 2.21. The monoisotopic (exact) mass is 372 g/mol. The first-order chi connectivity index (χ1) is 11.7. The van der Waals surface area contributed by atoms with E-state index in [9.17, 15) is 13.2 Å². The van der Waals surface area contributed by atoms with Gasteiger partial charge in [0.25, 0.3) is 0 Å². The lowest BCUT2D eigenvalue weighted by molar-refractivity contribution is -0.142. The van der Waals surface area contributed by atoms with Gasteiger partial charge in [-0.25, -0.2) is 9.97 Å². The van der Waals surface area contributed by atoms with Gasteiger partial charge in [0.1, 0.15) is 0 Å². The summed E-state index contributed by atoms with van der Waals surface area (Å²) in [5.41, 5.74) is -0.417. The van der Waals surface area contributed by atoms with Crippen LogP contribution in [0.2, 0.25) is 5.02 Å². The molecule has 4 nitrogen and oxygen atoms in total. The molecule has 0 saturated heterocycles. The van der Waals surface area contributed by atoms with Crippen LogP contribution in [-0.2, 0) is 6.18 Å². The SMILES string of the molecule is CC(C)CNC(C)c1cnc(Nc2cccc(Cl)c2)nc1C(F)(F)F. The molecule has 0 spiro atoms. The lowest BCUT2D eigenvalue weighted by atomic mass is 10.1. The molecule has 2 N–H and O–H groups in total. The second-order valence-corrected chi connectivity index (χ2v) is 6.59. The van der Waals surface area contributed by atoms with E-state index in [4.69, 9.17) is 11.6 Å². The molecule has 0 bridgehead atoms. The normalized spacial score (nSPS) is 13.1. The van der Waals surface area contributed by atoms with Crippen LogP contribution in [0, 0.1) is 5.92 Å². The lowest BCUT2D eigenvalue weighted by Crippen LogP contribution is -2.26. The Hall–Kier alpha value is -1.86. The molecule has 1 atom stereocenters. The Balaban J connectivity index is 2.30. The lowest BCUT2D eigenvalue weighted by Gasteiger charge is -2.20. The summed E-state index contributed by atoms with van der Waals surface area (Å²) < 4.78 is 40.3. The van der Waals surface area contributed by atoms with E-state index in [0.29, 0.717) is 23.2 Å². The first-order valence-electron chi connectivity index (χ1n) is 7.87. The van der Waals surface area contributed by atoms with E-state index in [0.717, 1.165) is 0 Å². The average Bonchev–Trinajstić information content (AvgIpc) is 2.51. The van der Waals surface area contributed by atoms with Crippen LogP contribution in [0.3, 0.4) is 0 Å². The molecule has 1 heterocycles. The van der Waals surface area contributed by atoms with Gasteiger partial charge in [-0.2, -0.15) is 13.2 Å². The average molecular weight is 373 g/mol. The van der Waals surface area contributed by atoms with Gasteiger partial charge in [0.2, 0.25) is 5.95 Å². The first kappa shape index (κ1) is 19.5. The number of nitrogens with one attached hydrogen (secondary N) is 2. The van der Waals surface area contributed by atoms with E-state index in [-0.39, 0.29) is 11.5 Å². The molecule has 8 heteroatoms. The Morgan fingerprint density at radius 1 is 1.20 bits per heavy atom. The predicted molar refractivity (Wildman–Crippen MR) is 93.0 cm³/mol. The molecule has 136 valence electrons. The number of aromatic nitrogens is 2. The molecule has 0 amide bonds. The molecule has 1 aromatic heterocycles. The molecule has 2 rings (SSSR count). The number of benzene rings is 1. The Morgan fingerprint density at radius 3 is 2.52 bits per heavy atom. The number of rotatable bonds is 6. The van der Waals surface area contributed by atoms with Crippen molar-refractivity contribution in [1.29, 1.82) is 0 Å². The van der Waals surface area contributed by atoms with E-state index in [1.165, 1.54) is 6.20 Å². The van der Waals surface area contributed by atoms with Crippen molar-refractivity contribution in [2.75, 3.05) is 11.9 Å². The van der Waals surface area contributed by atoms with Gasteiger partial charge in [0.15, 0.2) is 5.69 Å². The van der Waals surface area contributed by atoms with Gasteiger partial charge >= 0.3 is 6.18 Å². The van der Waals surface area contributed by atoms with Crippen molar-refractivity contribution in [1.82, 2.24) is 15.3 Å². The smallest absolute Gasteiger partial charge is 0.324 e. The predicted octanol–water partition coefficient (Wildman–Crippen LogP) is 5.20. The number of anilines is 2. The fourth-order valence-corrected chi connectivity index (χ4v) is 2.40. The molecule has 0 fully saturated rings. The van der Waals surface area contributed by atoms with Crippen LogP contribution >= 0.6 is 11.6 Å². The van der Waals surface area contributed by atoms with E-state index in [1.54, 1.807) is 31.2 Å². The number of hydrogen-bond donors (Lipinski definition) is 2. The third kappa shape index (κ3) is 5.57. The van der Waals surface area contributed by atoms with Crippen LogP contribution in [0.1, 0.15) is 38.1 Å². The van der Waals surface area contributed by atoms with Gasteiger partial charge in [-0.3, -0.25) is 0 Å². The topological polar surface area (TPSA) is 49.8 Å². The number of hydrogen-bond acceptors (Lipinski definition) is 4. The van der Waals surface area contributed by atoms with Crippen molar-refractivity contribution in [3.8, 4) is 0 Å². The van der Waals surface area contributed by atoms with Crippen molar-refractivity contribution >= 4 is 23.2 Å². The summed E-state index contributed by atoms with van der Waals surface area (Å²) in [6.07, 6.45) is -3.36. The third-order valence-electron chi connectivity index (χ3n) is 3.47. The largest absolute Gasteiger partial charge is 0.433 e. The minimum atomic E-state index is -4.57. The quantitative estimate of drug-likeness (QED) is 0.731. The Morgan fingerprint density at radius 2 is 1.92 bits per heavy atom. The highest BCUT2D eigenvalue weighted by atomic mass is 35.5. The van der Waals surface area contributed by atoms with E-state index < -0.39 is 17.9 Å². The second kappa shape index (κ2) is 8.01. The van der Waals surface area contributed by atoms with Crippen molar-refractivity contribution in [3.05, 3.63) is 46.7 Å². The van der Waals surface area contributed by atoms with Crippen LogP contribution in [0.15, 0.2) is 30.5 Å². The molecule has 2 aromatic rings. The zero-order valence-electron chi connectivity index (χ0n) is 14.2. The van der Waals surface area contributed by atoms with E-state index in [1.807, 2.05) is 13.8 Å². The zero-order chi connectivity index (χ0) is 18.6. The molecule has 0 saturated carbocycles. The van der Waals surface area contributed by atoms with Crippen LogP contribution < -0.4 is 10.6 Å². The van der Waals surface area contributed by atoms with Crippen LogP contribution in [0.5, 0.6) is 0 Å². The Kier molecular flexibility index (Phi) is 6.24. The summed E-state index contributed by atoms with van der Waals surface area (Å²) >= 11 is 5.87. The minimum Gasteiger partial charge on any atom is -0.324 e. The number of nitrogens with zero attached hydrogens (tertiary/aromatic N) is 2. The molecule has 0 aliphatic heterocycles. The molecular weight excluding hydrogens is 353 g/mol. The molecular formula is C17H20ClF3N4. The zero-order valence-corrected chi connectivity index (χ0v) is 14.9. The van der Waals surface area contributed by atoms with Crippen molar-refractivity contribution in [3.63, 3.8) is 0 Å². The summed E-state index contributed by atoms with van der Waals surface area (Å²) in [4.78, 5) is 7.71. The summed E-state index contributed by atoms with van der Waals surface area (Å²) in [5.74, 6) is 0.191. The molecule has 0 radical (unpaired) electrons. The van der Waals surface area contributed by atoms with Crippen molar-refractivity contribution in [2.24, 2.45) is 5.92 Å². The maximum atomic E-state index is 13.4.